The molecule has 0 fully saturated rings. The molecule has 0 saturated carbocycles. The molecule has 0 heterocycles. The van der Waals surface area contributed by atoms with Gasteiger partial charge in [0.05, 0.1) is 0 Å². The summed E-state index contributed by atoms with van der Waals surface area (Å²) in [6.45, 7) is 12.7. The Labute approximate surface area is 87.0 Å². The summed E-state index contributed by atoms with van der Waals surface area (Å²) in [6.07, 6.45) is 0.383. The van der Waals surface area contributed by atoms with Crippen LogP contribution in [0.5, 0.6) is 0 Å². The van der Waals surface area contributed by atoms with Crippen molar-refractivity contribution in [2.24, 2.45) is 5.73 Å². The molecule has 1 amide bonds. The molecule has 3 nitrogen and oxygen atoms in total. The molecule has 0 aromatic heterocycles. The predicted octanol–water partition coefficient (Wildman–Crippen LogP) is 1.54. The minimum atomic E-state index is -0.431. The molecule has 0 unspecified atom stereocenters. The molecule has 0 aromatic carbocycles. The van der Waals surface area contributed by atoms with Crippen LogP contribution in [0.1, 0.15) is 34.1 Å². The van der Waals surface area contributed by atoms with Gasteiger partial charge in [0.1, 0.15) is 0 Å². The predicted molar refractivity (Wildman–Crippen MR) is 60.0 cm³/mol. The average Bonchev–Trinajstić information content (AvgIpc) is 1.96. The Hall–Kier alpha value is -0.830. The molecule has 0 saturated heterocycles. The highest BCUT2D eigenvalue weighted by atomic mass is 16.2. The highest BCUT2D eigenvalue weighted by Gasteiger charge is 2.20. The highest BCUT2D eigenvalue weighted by Crippen LogP contribution is 2.08. The number of hydrogen-bond donors (Lipinski definition) is 1. The molecular weight excluding hydrogens is 176 g/mol. The molecule has 0 rings (SSSR count). The molecule has 0 aliphatic heterocycles. The minimum Gasteiger partial charge on any atom is -0.339 e. The maximum Gasteiger partial charge on any atom is 0.224 e. The number of likely N-dealkylation sites (N-methyl/N-ethyl adjacent to an activating group) is 1. The van der Waals surface area contributed by atoms with Gasteiger partial charge in [0.2, 0.25) is 5.91 Å². The van der Waals surface area contributed by atoms with Crippen molar-refractivity contribution in [2.75, 3.05) is 13.1 Å². The van der Waals surface area contributed by atoms with Gasteiger partial charge < -0.3 is 10.6 Å². The van der Waals surface area contributed by atoms with E-state index in [0.29, 0.717) is 19.5 Å². The first-order valence-corrected chi connectivity index (χ1v) is 4.97. The number of nitrogens with two attached hydrogens (primary N) is 1. The van der Waals surface area contributed by atoms with Gasteiger partial charge in [0.25, 0.3) is 0 Å². The van der Waals surface area contributed by atoms with Crippen LogP contribution in [0.2, 0.25) is 0 Å². The Bertz CT molecular complexity index is 216. The molecule has 2 N–H and O–H groups in total. The zero-order valence-electron chi connectivity index (χ0n) is 9.76. The van der Waals surface area contributed by atoms with E-state index in [1.54, 1.807) is 4.90 Å². The summed E-state index contributed by atoms with van der Waals surface area (Å²) in [6, 6.07) is 0. The second kappa shape index (κ2) is 5.15. The molecule has 0 aliphatic carbocycles. The second-order valence-corrected chi connectivity index (χ2v) is 4.53. The Morgan fingerprint density at radius 3 is 2.29 bits per heavy atom. The van der Waals surface area contributed by atoms with Crippen molar-refractivity contribution in [1.82, 2.24) is 4.90 Å². The monoisotopic (exact) mass is 198 g/mol. The summed E-state index contributed by atoms with van der Waals surface area (Å²) in [5.74, 6) is 0.100. The van der Waals surface area contributed by atoms with E-state index < -0.39 is 5.54 Å². The smallest absolute Gasteiger partial charge is 0.224 e. The van der Waals surface area contributed by atoms with Gasteiger partial charge in [-0.05, 0) is 27.7 Å². The quantitative estimate of drug-likeness (QED) is 0.681. The zero-order chi connectivity index (χ0) is 11.4. The van der Waals surface area contributed by atoms with E-state index in [2.05, 4.69) is 6.58 Å². The maximum atomic E-state index is 11.7. The van der Waals surface area contributed by atoms with E-state index in [-0.39, 0.29) is 5.91 Å². The fourth-order valence-electron chi connectivity index (χ4n) is 1.20. The van der Waals surface area contributed by atoms with Crippen LogP contribution in [0.15, 0.2) is 12.2 Å². The van der Waals surface area contributed by atoms with Crippen LogP contribution in [0.3, 0.4) is 0 Å². The molecule has 82 valence electrons. The van der Waals surface area contributed by atoms with Gasteiger partial charge in [-0.2, -0.15) is 0 Å². The number of rotatable bonds is 5. The van der Waals surface area contributed by atoms with Gasteiger partial charge in [-0.15, -0.1) is 0 Å². The molecule has 0 bridgehead atoms. The van der Waals surface area contributed by atoms with E-state index in [4.69, 9.17) is 5.73 Å². The Balaban J connectivity index is 4.25. The zero-order valence-corrected chi connectivity index (χ0v) is 9.76. The minimum absolute atomic E-state index is 0.100. The first kappa shape index (κ1) is 13.2. The first-order valence-electron chi connectivity index (χ1n) is 4.97. The Kier molecular flexibility index (Phi) is 4.85. The summed E-state index contributed by atoms with van der Waals surface area (Å²) in [5, 5.41) is 0. The molecule has 0 spiro atoms. The maximum absolute atomic E-state index is 11.7. The molecule has 14 heavy (non-hydrogen) atoms. The van der Waals surface area contributed by atoms with Gasteiger partial charge in [0.15, 0.2) is 0 Å². The lowest BCUT2D eigenvalue weighted by atomic mass is 10.0. The van der Waals surface area contributed by atoms with Crippen LogP contribution in [0.4, 0.5) is 0 Å². The van der Waals surface area contributed by atoms with Crippen molar-refractivity contribution in [3.63, 3.8) is 0 Å². The average molecular weight is 198 g/mol. The molecule has 3 heteroatoms. The summed E-state index contributed by atoms with van der Waals surface area (Å²) in [5.41, 5.74) is 6.35. The fourth-order valence-corrected chi connectivity index (χ4v) is 1.20. The van der Waals surface area contributed by atoms with Crippen molar-refractivity contribution in [3.8, 4) is 0 Å². The third-order valence-electron chi connectivity index (χ3n) is 1.80. The second-order valence-electron chi connectivity index (χ2n) is 4.53. The van der Waals surface area contributed by atoms with Crippen molar-refractivity contribution < 1.29 is 4.79 Å². The Morgan fingerprint density at radius 1 is 1.50 bits per heavy atom. The van der Waals surface area contributed by atoms with Crippen LogP contribution in [-0.2, 0) is 4.79 Å². The van der Waals surface area contributed by atoms with Gasteiger partial charge in [-0.1, -0.05) is 12.2 Å². The van der Waals surface area contributed by atoms with Crippen LogP contribution in [0.25, 0.3) is 0 Å². The third kappa shape index (κ3) is 5.75. The SMILES string of the molecule is C=C(C)CN(CC)C(=O)CC(C)(C)N. The topological polar surface area (TPSA) is 46.3 Å². The summed E-state index contributed by atoms with van der Waals surface area (Å²) in [4.78, 5) is 13.5. The first-order chi connectivity index (χ1) is 6.26. The lowest BCUT2D eigenvalue weighted by Gasteiger charge is -2.25. The summed E-state index contributed by atoms with van der Waals surface area (Å²) < 4.78 is 0. The van der Waals surface area contributed by atoms with Crippen molar-refractivity contribution in [2.45, 2.75) is 39.7 Å². The van der Waals surface area contributed by atoms with E-state index in [9.17, 15) is 4.79 Å². The fraction of sp³-hybridized carbons (Fsp3) is 0.727. The van der Waals surface area contributed by atoms with Crippen LogP contribution >= 0.6 is 0 Å². The van der Waals surface area contributed by atoms with Gasteiger partial charge >= 0.3 is 0 Å². The van der Waals surface area contributed by atoms with Gasteiger partial charge in [-0.3, -0.25) is 4.79 Å². The third-order valence-corrected chi connectivity index (χ3v) is 1.80. The number of hydrogen-bond acceptors (Lipinski definition) is 2. The standard InChI is InChI=1S/C11H22N2O/c1-6-13(8-9(2)3)10(14)7-11(4,5)12/h2,6-8,12H2,1,3-5H3. The van der Waals surface area contributed by atoms with E-state index in [1.807, 2.05) is 27.7 Å². The largest absolute Gasteiger partial charge is 0.339 e. The van der Waals surface area contributed by atoms with Gasteiger partial charge in [0, 0.05) is 25.0 Å². The van der Waals surface area contributed by atoms with Crippen LogP contribution in [-0.4, -0.2) is 29.4 Å². The number of nitrogens with zero attached hydrogens (tertiary/aromatic N) is 1. The van der Waals surface area contributed by atoms with Crippen molar-refractivity contribution >= 4 is 5.91 Å². The van der Waals surface area contributed by atoms with Crippen molar-refractivity contribution in [3.05, 3.63) is 12.2 Å². The lowest BCUT2D eigenvalue weighted by molar-refractivity contribution is -0.131. The van der Waals surface area contributed by atoms with Crippen LogP contribution in [0, 0.1) is 0 Å². The van der Waals surface area contributed by atoms with Crippen molar-refractivity contribution in [1.29, 1.82) is 0 Å². The molecule has 0 atom stereocenters. The van der Waals surface area contributed by atoms with Gasteiger partial charge in [-0.25, -0.2) is 0 Å². The summed E-state index contributed by atoms with van der Waals surface area (Å²) in [7, 11) is 0. The number of carbonyl (C=O) groups is 1. The molecular formula is C11H22N2O. The van der Waals surface area contributed by atoms with E-state index in [1.165, 1.54) is 0 Å². The molecule has 0 radical (unpaired) electrons. The highest BCUT2D eigenvalue weighted by molar-refractivity contribution is 5.77. The Morgan fingerprint density at radius 2 is 2.00 bits per heavy atom. The molecule has 0 aromatic rings. The van der Waals surface area contributed by atoms with E-state index in [0.717, 1.165) is 5.57 Å². The van der Waals surface area contributed by atoms with Crippen LogP contribution < -0.4 is 5.73 Å². The molecule has 0 aliphatic rings. The number of amides is 1. The number of carbonyl (C=O) groups excluding carboxylic acids is 1. The summed E-state index contributed by atoms with van der Waals surface area (Å²) >= 11 is 0. The van der Waals surface area contributed by atoms with E-state index >= 15 is 0 Å². The lowest BCUT2D eigenvalue weighted by Crippen LogP contribution is -2.41. The normalized spacial score (nSPS) is 11.2.